The van der Waals surface area contributed by atoms with E-state index in [-0.39, 0.29) is 5.91 Å². The van der Waals surface area contributed by atoms with E-state index in [0.29, 0.717) is 33.9 Å². The van der Waals surface area contributed by atoms with Crippen LogP contribution in [0.3, 0.4) is 0 Å². The predicted octanol–water partition coefficient (Wildman–Crippen LogP) is 2.49. The van der Waals surface area contributed by atoms with E-state index >= 15 is 0 Å². The number of aromatic nitrogens is 3. The molecular formula is C20H18F3N7O3S. The molecule has 14 heteroatoms. The largest absolute Gasteiger partial charge is 0.490 e. The Labute approximate surface area is 194 Å². The number of piperidine rings is 2. The van der Waals surface area contributed by atoms with Gasteiger partial charge in [-0.2, -0.15) is 23.5 Å². The van der Waals surface area contributed by atoms with Crippen molar-refractivity contribution < 1.29 is 27.9 Å². The monoisotopic (exact) mass is 493 g/mol. The molecule has 6 heterocycles. The summed E-state index contributed by atoms with van der Waals surface area (Å²) >= 11 is 1.30. The van der Waals surface area contributed by atoms with Crippen molar-refractivity contribution in [1.29, 1.82) is 5.26 Å². The minimum Gasteiger partial charge on any atom is -0.475 e. The maximum atomic E-state index is 12.7. The SMILES string of the molecule is N#Cc1sccc1NC(=O)c1cnn2ccc(N3CC4CCC3CN4)nc12.O=C(O)C(F)(F)F. The molecule has 3 fully saturated rings. The highest BCUT2D eigenvalue weighted by Gasteiger charge is 2.38. The number of anilines is 2. The van der Waals surface area contributed by atoms with Crippen LogP contribution in [0.25, 0.3) is 5.65 Å². The van der Waals surface area contributed by atoms with E-state index in [1.807, 2.05) is 12.3 Å². The normalized spacial score (nSPS) is 19.3. The molecule has 0 spiro atoms. The molecule has 3 aliphatic rings. The number of alkyl halides is 3. The topological polar surface area (TPSA) is 136 Å². The van der Waals surface area contributed by atoms with Gasteiger partial charge in [0.05, 0.1) is 11.9 Å². The number of hydrogen-bond acceptors (Lipinski definition) is 8. The fourth-order valence-corrected chi connectivity index (χ4v) is 4.49. The molecule has 3 aromatic rings. The number of rotatable bonds is 3. The second-order valence-electron chi connectivity index (χ2n) is 7.63. The second-order valence-corrected chi connectivity index (χ2v) is 8.55. The lowest BCUT2D eigenvalue weighted by Crippen LogP contribution is -2.61. The average Bonchev–Trinajstić information content (AvgIpc) is 3.45. The van der Waals surface area contributed by atoms with Gasteiger partial charge in [0.2, 0.25) is 0 Å². The standard InChI is InChI=1S/C18H17N7OS.C2HF3O2/c19-7-15-14(4-6-27-15)22-18(26)13-9-21-25-5-3-16(23-17(13)25)24-10-11-1-2-12(24)8-20-11;3-2(4,5)1(6)7/h3-6,9,11-12,20H,1-2,8,10H2,(H,22,26);(H,6,7). The Morgan fingerprint density at radius 3 is 2.68 bits per heavy atom. The lowest BCUT2D eigenvalue weighted by molar-refractivity contribution is -0.192. The Balaban J connectivity index is 0.000000344. The van der Waals surface area contributed by atoms with Crippen LogP contribution in [0.15, 0.2) is 29.9 Å². The number of hydrogen-bond donors (Lipinski definition) is 3. The number of nitrogens with one attached hydrogen (secondary N) is 2. The molecule has 3 aliphatic heterocycles. The first-order chi connectivity index (χ1) is 16.2. The van der Waals surface area contributed by atoms with E-state index in [0.717, 1.165) is 25.3 Å². The van der Waals surface area contributed by atoms with Crippen LogP contribution in [0.2, 0.25) is 0 Å². The molecule has 1 amide bonds. The zero-order chi connectivity index (χ0) is 24.5. The molecule has 6 rings (SSSR count). The Morgan fingerprint density at radius 2 is 2.09 bits per heavy atom. The fourth-order valence-electron chi connectivity index (χ4n) is 3.85. The third kappa shape index (κ3) is 4.80. The van der Waals surface area contributed by atoms with Crippen molar-refractivity contribution in [3.05, 3.63) is 40.3 Å². The molecule has 10 nitrogen and oxygen atoms in total. The second kappa shape index (κ2) is 9.27. The summed E-state index contributed by atoms with van der Waals surface area (Å²) in [6.07, 6.45) is 0.636. The quantitative estimate of drug-likeness (QED) is 0.507. The lowest BCUT2D eigenvalue weighted by Gasteiger charge is -2.46. The molecule has 3 saturated heterocycles. The molecule has 0 saturated carbocycles. The van der Waals surface area contributed by atoms with Crippen molar-refractivity contribution >= 4 is 40.4 Å². The van der Waals surface area contributed by atoms with E-state index in [9.17, 15) is 18.0 Å². The molecule has 0 aromatic carbocycles. The zero-order valence-corrected chi connectivity index (χ0v) is 18.2. The number of thiophene rings is 1. The number of carbonyl (C=O) groups is 2. The number of nitriles is 1. The summed E-state index contributed by atoms with van der Waals surface area (Å²) in [6, 6.07) is 6.71. The van der Waals surface area contributed by atoms with E-state index in [1.54, 1.807) is 16.0 Å². The summed E-state index contributed by atoms with van der Waals surface area (Å²) in [7, 11) is 0. The number of carbonyl (C=O) groups excluding carboxylic acids is 1. The van der Waals surface area contributed by atoms with Gasteiger partial charge in [-0.3, -0.25) is 4.79 Å². The minimum absolute atomic E-state index is 0.314. The van der Waals surface area contributed by atoms with Gasteiger partial charge < -0.3 is 20.6 Å². The summed E-state index contributed by atoms with van der Waals surface area (Å²) < 4.78 is 33.3. The molecular weight excluding hydrogens is 475 g/mol. The Hall–Kier alpha value is -3.70. The number of carboxylic acid groups (broad SMARTS) is 1. The number of amides is 1. The van der Waals surface area contributed by atoms with Crippen molar-refractivity contribution in [2.45, 2.75) is 31.1 Å². The number of fused-ring (bicyclic) bond motifs is 4. The molecule has 178 valence electrons. The summed E-state index contributed by atoms with van der Waals surface area (Å²) in [5.74, 6) is -2.19. The number of halogens is 3. The van der Waals surface area contributed by atoms with E-state index < -0.39 is 12.1 Å². The summed E-state index contributed by atoms with van der Waals surface area (Å²) in [5, 5.41) is 28.6. The molecule has 2 bridgehead atoms. The van der Waals surface area contributed by atoms with Gasteiger partial charge in [0.15, 0.2) is 5.65 Å². The molecule has 0 aliphatic carbocycles. The van der Waals surface area contributed by atoms with E-state index in [2.05, 4.69) is 26.7 Å². The zero-order valence-electron chi connectivity index (χ0n) is 17.4. The lowest BCUT2D eigenvalue weighted by atomic mass is 9.93. The first-order valence-electron chi connectivity index (χ1n) is 10.1. The van der Waals surface area contributed by atoms with Crippen molar-refractivity contribution in [2.24, 2.45) is 0 Å². The first-order valence-corrected chi connectivity index (χ1v) is 11.0. The highest BCUT2D eigenvalue weighted by Crippen LogP contribution is 2.28. The third-order valence-electron chi connectivity index (χ3n) is 5.50. The number of aliphatic carboxylic acids is 1. The van der Waals surface area contributed by atoms with Crippen LogP contribution in [-0.4, -0.2) is 62.9 Å². The van der Waals surface area contributed by atoms with Crippen LogP contribution in [0.4, 0.5) is 24.7 Å². The fraction of sp³-hybridized carbons (Fsp3) is 0.350. The highest BCUT2D eigenvalue weighted by molar-refractivity contribution is 7.11. The Kier molecular flexibility index (Phi) is 6.40. The average molecular weight is 493 g/mol. The number of nitrogens with zero attached hydrogens (tertiary/aromatic N) is 5. The van der Waals surface area contributed by atoms with Crippen molar-refractivity contribution in [3.63, 3.8) is 0 Å². The van der Waals surface area contributed by atoms with Gasteiger partial charge in [0, 0.05) is 31.4 Å². The van der Waals surface area contributed by atoms with Gasteiger partial charge in [-0.15, -0.1) is 11.3 Å². The molecule has 2 unspecified atom stereocenters. The van der Waals surface area contributed by atoms with Crippen LogP contribution in [-0.2, 0) is 4.79 Å². The molecule has 3 aromatic heterocycles. The highest BCUT2D eigenvalue weighted by atomic mass is 32.1. The van der Waals surface area contributed by atoms with Gasteiger partial charge in [-0.25, -0.2) is 14.3 Å². The van der Waals surface area contributed by atoms with Gasteiger partial charge in [0.1, 0.15) is 22.3 Å². The van der Waals surface area contributed by atoms with Crippen molar-refractivity contribution in [2.75, 3.05) is 23.3 Å². The van der Waals surface area contributed by atoms with Gasteiger partial charge in [-0.1, -0.05) is 0 Å². The van der Waals surface area contributed by atoms with Gasteiger partial charge in [-0.05, 0) is 30.4 Å². The first kappa shape index (κ1) is 23.5. The number of carboxylic acids is 1. The van der Waals surface area contributed by atoms with E-state index in [1.165, 1.54) is 24.0 Å². The van der Waals surface area contributed by atoms with Crippen molar-refractivity contribution in [1.82, 2.24) is 19.9 Å². The van der Waals surface area contributed by atoms with Crippen LogP contribution in [0, 0.1) is 11.3 Å². The van der Waals surface area contributed by atoms with Crippen LogP contribution in [0.5, 0.6) is 0 Å². The van der Waals surface area contributed by atoms with Crippen LogP contribution >= 0.6 is 11.3 Å². The number of piperazine rings is 1. The summed E-state index contributed by atoms with van der Waals surface area (Å²) in [6.45, 7) is 1.91. The maximum absolute atomic E-state index is 12.7. The van der Waals surface area contributed by atoms with Gasteiger partial charge in [0.25, 0.3) is 5.91 Å². The smallest absolute Gasteiger partial charge is 0.475 e. The Morgan fingerprint density at radius 1 is 1.32 bits per heavy atom. The molecule has 34 heavy (non-hydrogen) atoms. The minimum atomic E-state index is -5.08. The Bertz CT molecular complexity index is 1260. The van der Waals surface area contributed by atoms with Crippen molar-refractivity contribution in [3.8, 4) is 6.07 Å². The molecule has 0 radical (unpaired) electrons. The van der Waals surface area contributed by atoms with Crippen LogP contribution in [0.1, 0.15) is 28.1 Å². The molecule has 3 N–H and O–H groups in total. The summed E-state index contributed by atoms with van der Waals surface area (Å²) in [4.78, 5) is 29.2. The predicted molar refractivity (Wildman–Crippen MR) is 116 cm³/mol. The molecule has 2 atom stereocenters. The van der Waals surface area contributed by atoms with E-state index in [4.69, 9.17) is 20.1 Å². The third-order valence-corrected chi connectivity index (χ3v) is 6.32. The maximum Gasteiger partial charge on any atom is 0.490 e. The van der Waals surface area contributed by atoms with Gasteiger partial charge >= 0.3 is 12.1 Å². The summed E-state index contributed by atoms with van der Waals surface area (Å²) in [5.41, 5.74) is 1.43. The van der Waals surface area contributed by atoms with Crippen LogP contribution < -0.4 is 15.5 Å².